The van der Waals surface area contributed by atoms with Crippen molar-refractivity contribution in [3.05, 3.63) is 35.4 Å². The number of sulfonamides is 1. The van der Waals surface area contributed by atoms with Crippen molar-refractivity contribution in [3.8, 4) is 0 Å². The molecule has 0 atom stereocenters. The Balaban J connectivity index is 2.81. The van der Waals surface area contributed by atoms with Crippen molar-refractivity contribution in [1.29, 1.82) is 0 Å². The van der Waals surface area contributed by atoms with E-state index in [1.54, 1.807) is 0 Å². The first-order valence-electron chi connectivity index (χ1n) is 4.85. The van der Waals surface area contributed by atoms with E-state index in [9.17, 15) is 13.2 Å². The molecule has 1 rings (SSSR count). The summed E-state index contributed by atoms with van der Waals surface area (Å²) in [5.41, 5.74) is 0.426. The smallest absolute Gasteiger partial charge is 0.335 e. The number of carboxylic acid groups (broad SMARTS) is 1. The van der Waals surface area contributed by atoms with Crippen LogP contribution in [0.3, 0.4) is 0 Å². The van der Waals surface area contributed by atoms with Gasteiger partial charge in [-0.15, -0.1) is 0 Å². The van der Waals surface area contributed by atoms with Crippen LogP contribution in [0.5, 0.6) is 0 Å². The molecule has 0 aromatic heterocycles. The average Bonchev–Trinajstić information content (AvgIpc) is 2.26. The number of rotatable bonds is 6. The zero-order chi connectivity index (χ0) is 12.9. The third-order valence-corrected chi connectivity index (χ3v) is 3.32. The molecule has 0 saturated carbocycles. The van der Waals surface area contributed by atoms with Crippen LogP contribution in [-0.4, -0.2) is 37.8 Å². The third kappa shape index (κ3) is 4.51. The number of aliphatic hydroxyl groups is 1. The number of hydrogen-bond donors (Lipinski definition) is 3. The number of aromatic carboxylic acids is 1. The minimum absolute atomic E-state index is 0.0415. The molecule has 0 bridgehead atoms. The Morgan fingerprint density at radius 3 is 2.65 bits per heavy atom. The normalized spacial score (nSPS) is 11.4. The molecular formula is C10H13NO5S. The molecule has 1 aromatic rings. The van der Waals surface area contributed by atoms with Crippen molar-refractivity contribution >= 4 is 16.0 Å². The molecule has 0 unspecified atom stereocenters. The van der Waals surface area contributed by atoms with Crippen LogP contribution >= 0.6 is 0 Å². The third-order valence-electron chi connectivity index (χ3n) is 1.96. The highest BCUT2D eigenvalue weighted by Crippen LogP contribution is 2.08. The molecule has 0 radical (unpaired) electrons. The van der Waals surface area contributed by atoms with E-state index in [0.717, 1.165) is 0 Å². The Morgan fingerprint density at radius 1 is 1.35 bits per heavy atom. The first kappa shape index (κ1) is 13.6. The van der Waals surface area contributed by atoms with Gasteiger partial charge in [-0.25, -0.2) is 17.9 Å². The van der Waals surface area contributed by atoms with Crippen LogP contribution in [0.25, 0.3) is 0 Å². The van der Waals surface area contributed by atoms with E-state index in [1.807, 2.05) is 0 Å². The lowest BCUT2D eigenvalue weighted by molar-refractivity contribution is 0.0696. The number of benzene rings is 1. The molecule has 0 aliphatic rings. The summed E-state index contributed by atoms with van der Waals surface area (Å²) in [4.78, 5) is 10.7. The van der Waals surface area contributed by atoms with Gasteiger partial charge < -0.3 is 10.2 Å². The van der Waals surface area contributed by atoms with Gasteiger partial charge in [0.2, 0.25) is 10.0 Å². The molecule has 7 heteroatoms. The van der Waals surface area contributed by atoms with Gasteiger partial charge in [0, 0.05) is 6.54 Å². The van der Waals surface area contributed by atoms with Crippen molar-refractivity contribution in [2.45, 2.75) is 5.75 Å². The second kappa shape index (κ2) is 5.76. The number of nitrogens with one attached hydrogen (secondary N) is 1. The van der Waals surface area contributed by atoms with Gasteiger partial charge in [0.25, 0.3) is 0 Å². The summed E-state index contributed by atoms with van der Waals surface area (Å²) in [7, 11) is -3.54. The summed E-state index contributed by atoms with van der Waals surface area (Å²) < 4.78 is 25.1. The molecule has 0 heterocycles. The maximum absolute atomic E-state index is 11.5. The molecule has 6 nitrogen and oxygen atoms in total. The highest BCUT2D eigenvalue weighted by atomic mass is 32.2. The highest BCUT2D eigenvalue weighted by Gasteiger charge is 2.12. The Hall–Kier alpha value is -1.44. The fraction of sp³-hybridized carbons (Fsp3) is 0.300. The van der Waals surface area contributed by atoms with Gasteiger partial charge in [-0.1, -0.05) is 12.1 Å². The van der Waals surface area contributed by atoms with Crippen molar-refractivity contribution in [2.24, 2.45) is 0 Å². The monoisotopic (exact) mass is 259 g/mol. The highest BCUT2D eigenvalue weighted by molar-refractivity contribution is 7.88. The quantitative estimate of drug-likeness (QED) is 0.656. The average molecular weight is 259 g/mol. The Labute approximate surface area is 99.0 Å². The maximum atomic E-state index is 11.5. The molecule has 0 fully saturated rings. The van der Waals surface area contributed by atoms with E-state index >= 15 is 0 Å². The molecule has 0 amide bonds. The standard InChI is InChI=1S/C10H13NO5S/c12-5-4-11-17(15,16)7-8-2-1-3-9(6-8)10(13)14/h1-3,6,11-12H,4-5,7H2,(H,13,14). The maximum Gasteiger partial charge on any atom is 0.335 e. The summed E-state index contributed by atoms with van der Waals surface area (Å²) in [6, 6.07) is 5.71. The van der Waals surface area contributed by atoms with E-state index in [-0.39, 0.29) is 24.5 Å². The SMILES string of the molecule is O=C(O)c1cccc(CS(=O)(=O)NCCO)c1. The first-order chi connectivity index (χ1) is 7.94. The molecule has 94 valence electrons. The minimum atomic E-state index is -3.54. The predicted molar refractivity (Wildman–Crippen MR) is 61.1 cm³/mol. The molecule has 0 spiro atoms. The second-order valence-corrected chi connectivity index (χ2v) is 5.19. The Kier molecular flexibility index (Phi) is 4.62. The van der Waals surface area contributed by atoms with Crippen molar-refractivity contribution < 1.29 is 23.4 Å². The predicted octanol–water partition coefficient (Wildman–Crippen LogP) is -0.204. The summed E-state index contributed by atoms with van der Waals surface area (Å²) in [6.07, 6.45) is 0. The molecular weight excluding hydrogens is 246 g/mol. The Bertz CT molecular complexity index is 497. The largest absolute Gasteiger partial charge is 0.478 e. The van der Waals surface area contributed by atoms with Crippen LogP contribution in [-0.2, 0) is 15.8 Å². The van der Waals surface area contributed by atoms with E-state index in [4.69, 9.17) is 10.2 Å². The minimum Gasteiger partial charge on any atom is -0.478 e. The van der Waals surface area contributed by atoms with E-state index in [0.29, 0.717) is 5.56 Å². The van der Waals surface area contributed by atoms with Crippen LogP contribution in [0.1, 0.15) is 15.9 Å². The first-order valence-corrected chi connectivity index (χ1v) is 6.50. The Morgan fingerprint density at radius 2 is 2.06 bits per heavy atom. The van der Waals surface area contributed by atoms with Gasteiger partial charge in [-0.2, -0.15) is 0 Å². The zero-order valence-corrected chi connectivity index (χ0v) is 9.77. The lowest BCUT2D eigenvalue weighted by Gasteiger charge is -2.05. The molecule has 17 heavy (non-hydrogen) atoms. The second-order valence-electron chi connectivity index (χ2n) is 3.38. The van der Waals surface area contributed by atoms with Crippen LogP contribution in [0.2, 0.25) is 0 Å². The summed E-state index contributed by atoms with van der Waals surface area (Å²) in [5.74, 6) is -1.42. The van der Waals surface area contributed by atoms with Gasteiger partial charge >= 0.3 is 5.97 Å². The number of aliphatic hydroxyl groups excluding tert-OH is 1. The van der Waals surface area contributed by atoms with Crippen molar-refractivity contribution in [3.63, 3.8) is 0 Å². The lowest BCUT2D eigenvalue weighted by Crippen LogP contribution is -2.27. The van der Waals surface area contributed by atoms with Gasteiger partial charge in [0.05, 0.1) is 17.9 Å². The molecule has 1 aromatic carbocycles. The molecule has 0 saturated heterocycles. The molecule has 0 aliphatic carbocycles. The van der Waals surface area contributed by atoms with E-state index < -0.39 is 16.0 Å². The topological polar surface area (TPSA) is 104 Å². The van der Waals surface area contributed by atoms with Gasteiger partial charge in [0.1, 0.15) is 0 Å². The number of hydrogen-bond acceptors (Lipinski definition) is 4. The van der Waals surface area contributed by atoms with Crippen LogP contribution < -0.4 is 4.72 Å². The summed E-state index contributed by atoms with van der Waals surface area (Å²) >= 11 is 0. The van der Waals surface area contributed by atoms with Gasteiger partial charge in [-0.3, -0.25) is 0 Å². The van der Waals surface area contributed by atoms with Crippen LogP contribution in [0.4, 0.5) is 0 Å². The van der Waals surface area contributed by atoms with E-state index in [2.05, 4.69) is 4.72 Å². The summed E-state index contributed by atoms with van der Waals surface area (Å²) in [6.45, 7) is -0.338. The fourth-order valence-electron chi connectivity index (χ4n) is 1.27. The van der Waals surface area contributed by atoms with Gasteiger partial charge in [-0.05, 0) is 17.7 Å². The number of carboxylic acids is 1. The van der Waals surface area contributed by atoms with Crippen LogP contribution in [0, 0.1) is 0 Å². The van der Waals surface area contributed by atoms with Crippen molar-refractivity contribution in [1.82, 2.24) is 4.72 Å². The zero-order valence-electron chi connectivity index (χ0n) is 8.96. The van der Waals surface area contributed by atoms with E-state index in [1.165, 1.54) is 24.3 Å². The molecule has 3 N–H and O–H groups in total. The number of carbonyl (C=O) groups is 1. The summed E-state index contributed by atoms with van der Waals surface area (Å²) in [5, 5.41) is 17.3. The molecule has 0 aliphatic heterocycles. The van der Waals surface area contributed by atoms with Crippen LogP contribution in [0.15, 0.2) is 24.3 Å². The van der Waals surface area contributed by atoms with Crippen molar-refractivity contribution in [2.75, 3.05) is 13.2 Å². The van der Waals surface area contributed by atoms with Gasteiger partial charge in [0.15, 0.2) is 0 Å². The lowest BCUT2D eigenvalue weighted by atomic mass is 10.1. The fourth-order valence-corrected chi connectivity index (χ4v) is 2.39.